The SMILES string of the molecule is COC(=O)c1cc(Cl)c2oc(C)nc2c1. The number of fused-ring (bicyclic) bond motifs is 1. The Morgan fingerprint density at radius 2 is 2.27 bits per heavy atom. The fourth-order valence-corrected chi connectivity index (χ4v) is 1.59. The van der Waals surface area contributed by atoms with Gasteiger partial charge in [0, 0.05) is 6.92 Å². The van der Waals surface area contributed by atoms with E-state index in [2.05, 4.69) is 9.72 Å². The molecule has 1 aromatic carbocycles. The maximum atomic E-state index is 11.3. The number of aryl methyl sites for hydroxylation is 1. The van der Waals surface area contributed by atoms with Crippen molar-refractivity contribution in [1.29, 1.82) is 0 Å². The number of hydrogen-bond acceptors (Lipinski definition) is 4. The topological polar surface area (TPSA) is 52.3 Å². The Balaban J connectivity index is 2.66. The van der Waals surface area contributed by atoms with Gasteiger partial charge in [0.05, 0.1) is 17.7 Å². The van der Waals surface area contributed by atoms with Gasteiger partial charge >= 0.3 is 5.97 Å². The highest BCUT2D eigenvalue weighted by Gasteiger charge is 2.13. The number of oxazole rings is 1. The first-order valence-corrected chi connectivity index (χ1v) is 4.64. The summed E-state index contributed by atoms with van der Waals surface area (Å²) in [5.41, 5.74) is 1.41. The van der Waals surface area contributed by atoms with Crippen LogP contribution in [0.1, 0.15) is 16.2 Å². The molecule has 2 rings (SSSR count). The Kier molecular flexibility index (Phi) is 2.36. The molecule has 0 radical (unpaired) electrons. The predicted octanol–water partition coefficient (Wildman–Crippen LogP) is 2.58. The Morgan fingerprint density at radius 3 is 2.93 bits per heavy atom. The molecule has 1 heterocycles. The van der Waals surface area contributed by atoms with Crippen molar-refractivity contribution >= 4 is 28.7 Å². The molecule has 0 spiro atoms. The molecule has 0 fully saturated rings. The van der Waals surface area contributed by atoms with Gasteiger partial charge in [-0.05, 0) is 12.1 Å². The number of hydrogen-bond donors (Lipinski definition) is 0. The van der Waals surface area contributed by atoms with Crippen molar-refractivity contribution in [2.45, 2.75) is 6.92 Å². The summed E-state index contributed by atoms with van der Waals surface area (Å²) in [5.74, 6) is 0.0633. The fourth-order valence-electron chi connectivity index (χ4n) is 1.34. The summed E-state index contributed by atoms with van der Waals surface area (Å²) in [6.07, 6.45) is 0. The van der Waals surface area contributed by atoms with Gasteiger partial charge in [-0.25, -0.2) is 9.78 Å². The zero-order chi connectivity index (χ0) is 11.0. The lowest BCUT2D eigenvalue weighted by Crippen LogP contribution is -2.00. The van der Waals surface area contributed by atoms with Crippen LogP contribution >= 0.6 is 11.6 Å². The van der Waals surface area contributed by atoms with Crippen LogP contribution in [-0.2, 0) is 4.74 Å². The van der Waals surface area contributed by atoms with Gasteiger partial charge in [0.1, 0.15) is 5.52 Å². The number of ether oxygens (including phenoxy) is 1. The lowest BCUT2D eigenvalue weighted by Gasteiger charge is -1.99. The molecule has 78 valence electrons. The Hall–Kier alpha value is -1.55. The van der Waals surface area contributed by atoms with Crippen molar-refractivity contribution in [1.82, 2.24) is 4.98 Å². The lowest BCUT2D eigenvalue weighted by molar-refractivity contribution is 0.0601. The molecule has 0 aliphatic heterocycles. The van der Waals surface area contributed by atoms with E-state index < -0.39 is 5.97 Å². The van der Waals surface area contributed by atoms with Crippen molar-refractivity contribution < 1.29 is 13.9 Å². The molecule has 0 aliphatic carbocycles. The fraction of sp³-hybridized carbons (Fsp3) is 0.200. The molecular weight excluding hydrogens is 218 g/mol. The first-order valence-electron chi connectivity index (χ1n) is 4.27. The van der Waals surface area contributed by atoms with Crippen LogP contribution in [0, 0.1) is 6.92 Å². The average molecular weight is 226 g/mol. The van der Waals surface area contributed by atoms with Crippen molar-refractivity contribution in [3.63, 3.8) is 0 Å². The van der Waals surface area contributed by atoms with E-state index in [1.807, 2.05) is 0 Å². The monoisotopic (exact) mass is 225 g/mol. The zero-order valence-electron chi connectivity index (χ0n) is 8.20. The Labute approximate surface area is 90.8 Å². The van der Waals surface area contributed by atoms with Crippen molar-refractivity contribution in [3.05, 3.63) is 28.6 Å². The second kappa shape index (κ2) is 3.55. The highest BCUT2D eigenvalue weighted by atomic mass is 35.5. The number of benzene rings is 1. The molecule has 2 aromatic rings. The number of halogens is 1. The number of carbonyl (C=O) groups excluding carboxylic acids is 1. The van der Waals surface area contributed by atoms with Crippen LogP contribution in [0.3, 0.4) is 0 Å². The third-order valence-corrected chi connectivity index (χ3v) is 2.25. The lowest BCUT2D eigenvalue weighted by atomic mass is 10.2. The summed E-state index contributed by atoms with van der Waals surface area (Å²) >= 11 is 5.94. The van der Waals surface area contributed by atoms with Gasteiger partial charge in [0.2, 0.25) is 0 Å². The normalized spacial score (nSPS) is 10.6. The Morgan fingerprint density at radius 1 is 1.53 bits per heavy atom. The van der Waals surface area contributed by atoms with E-state index in [1.54, 1.807) is 13.0 Å². The summed E-state index contributed by atoms with van der Waals surface area (Å²) in [6, 6.07) is 3.09. The smallest absolute Gasteiger partial charge is 0.337 e. The number of carbonyl (C=O) groups is 1. The van der Waals surface area contributed by atoms with E-state index >= 15 is 0 Å². The van der Waals surface area contributed by atoms with Gasteiger partial charge < -0.3 is 9.15 Å². The second-order valence-electron chi connectivity index (χ2n) is 3.03. The summed E-state index contributed by atoms with van der Waals surface area (Å²) in [4.78, 5) is 15.4. The molecule has 0 atom stereocenters. The number of esters is 1. The number of rotatable bonds is 1. The van der Waals surface area contributed by atoms with E-state index in [9.17, 15) is 4.79 Å². The molecule has 1 aromatic heterocycles. The Bertz CT molecular complexity index is 533. The number of methoxy groups -OCH3 is 1. The van der Waals surface area contributed by atoms with Crippen LogP contribution in [0.25, 0.3) is 11.1 Å². The molecule has 0 bridgehead atoms. The van der Waals surface area contributed by atoms with E-state index in [0.29, 0.717) is 27.6 Å². The minimum absolute atomic E-state index is 0.355. The average Bonchev–Trinajstić information content (AvgIpc) is 2.58. The minimum atomic E-state index is -0.445. The molecule has 15 heavy (non-hydrogen) atoms. The highest BCUT2D eigenvalue weighted by Crippen LogP contribution is 2.26. The maximum absolute atomic E-state index is 11.3. The van der Waals surface area contributed by atoms with Gasteiger partial charge in [-0.3, -0.25) is 0 Å². The third-order valence-electron chi connectivity index (χ3n) is 1.97. The van der Waals surface area contributed by atoms with Gasteiger partial charge in [-0.15, -0.1) is 0 Å². The molecule has 0 unspecified atom stereocenters. The third kappa shape index (κ3) is 1.68. The van der Waals surface area contributed by atoms with Gasteiger partial charge in [0.25, 0.3) is 0 Å². The van der Waals surface area contributed by atoms with Crippen molar-refractivity contribution in [3.8, 4) is 0 Å². The standard InChI is InChI=1S/C10H8ClNO3/c1-5-12-8-4-6(10(13)14-2)3-7(11)9(8)15-5/h3-4H,1-2H3. The first kappa shape index (κ1) is 9.98. The van der Waals surface area contributed by atoms with Gasteiger partial charge in [-0.1, -0.05) is 11.6 Å². The molecule has 0 N–H and O–H groups in total. The van der Waals surface area contributed by atoms with Crippen LogP contribution in [-0.4, -0.2) is 18.1 Å². The van der Waals surface area contributed by atoms with Crippen LogP contribution in [0.4, 0.5) is 0 Å². The van der Waals surface area contributed by atoms with E-state index in [-0.39, 0.29) is 0 Å². The molecule has 5 heteroatoms. The van der Waals surface area contributed by atoms with Crippen LogP contribution in [0.5, 0.6) is 0 Å². The van der Waals surface area contributed by atoms with Crippen molar-refractivity contribution in [2.24, 2.45) is 0 Å². The van der Waals surface area contributed by atoms with E-state index in [0.717, 1.165) is 0 Å². The van der Waals surface area contributed by atoms with Crippen molar-refractivity contribution in [2.75, 3.05) is 7.11 Å². The van der Waals surface area contributed by atoms with Crippen LogP contribution in [0.15, 0.2) is 16.5 Å². The molecule has 0 aliphatic rings. The molecule has 0 saturated carbocycles. The van der Waals surface area contributed by atoms with Gasteiger partial charge in [0.15, 0.2) is 11.5 Å². The van der Waals surface area contributed by atoms with E-state index in [4.69, 9.17) is 16.0 Å². The largest absolute Gasteiger partial charge is 0.465 e. The number of aromatic nitrogens is 1. The predicted molar refractivity (Wildman–Crippen MR) is 55.1 cm³/mol. The van der Waals surface area contributed by atoms with Crippen LogP contribution < -0.4 is 0 Å². The summed E-state index contributed by atoms with van der Waals surface area (Å²) < 4.78 is 9.86. The molecule has 0 amide bonds. The molecule has 0 saturated heterocycles. The van der Waals surface area contributed by atoms with Gasteiger partial charge in [-0.2, -0.15) is 0 Å². The van der Waals surface area contributed by atoms with Crippen LogP contribution in [0.2, 0.25) is 5.02 Å². The number of nitrogens with zero attached hydrogens (tertiary/aromatic N) is 1. The summed E-state index contributed by atoms with van der Waals surface area (Å²) in [6.45, 7) is 1.72. The molecular formula is C10H8ClNO3. The first-order chi connectivity index (χ1) is 7.11. The summed E-state index contributed by atoms with van der Waals surface area (Å²) in [7, 11) is 1.31. The second-order valence-corrected chi connectivity index (χ2v) is 3.44. The zero-order valence-corrected chi connectivity index (χ0v) is 8.96. The molecule has 4 nitrogen and oxygen atoms in total. The highest BCUT2D eigenvalue weighted by molar-refractivity contribution is 6.35. The maximum Gasteiger partial charge on any atom is 0.337 e. The minimum Gasteiger partial charge on any atom is -0.465 e. The summed E-state index contributed by atoms with van der Waals surface area (Å²) in [5, 5.41) is 0.355. The quantitative estimate of drug-likeness (QED) is 0.700. The van der Waals surface area contributed by atoms with E-state index in [1.165, 1.54) is 13.2 Å².